The third-order valence-electron chi connectivity index (χ3n) is 5.13. The predicted octanol–water partition coefficient (Wildman–Crippen LogP) is 3.44. The molecule has 9 heteroatoms. The average molecular weight is 480 g/mol. The second-order valence-electron chi connectivity index (χ2n) is 7.75. The van der Waals surface area contributed by atoms with E-state index < -0.39 is 28.5 Å². The molecule has 0 saturated carbocycles. The maximum absolute atomic E-state index is 13.4. The number of nitrogens with one attached hydrogen (secondary N) is 1. The van der Waals surface area contributed by atoms with E-state index in [-0.39, 0.29) is 18.5 Å². The molecule has 0 unspecified atom stereocenters. The predicted molar refractivity (Wildman–Crippen MR) is 128 cm³/mol. The van der Waals surface area contributed by atoms with Gasteiger partial charge in [0.1, 0.15) is 12.6 Å². The summed E-state index contributed by atoms with van der Waals surface area (Å²) < 4.78 is 25.9. The standard InChI is InChI=1S/C23H30ClN3O4S/c1-5-17(2)25-23(29)18(3)26(15-19-10-9-11-20(24)14-19)22(28)16-27(32(4,30)31)21-12-7-6-8-13-21/h6-14,17-18H,5,15-16H2,1-4H3,(H,25,29)/t17-,18-/m0/s1. The lowest BCUT2D eigenvalue weighted by Crippen LogP contribution is -2.52. The topological polar surface area (TPSA) is 86.8 Å². The Morgan fingerprint density at radius 2 is 1.72 bits per heavy atom. The van der Waals surface area contributed by atoms with E-state index >= 15 is 0 Å². The van der Waals surface area contributed by atoms with E-state index in [9.17, 15) is 18.0 Å². The first-order valence-corrected chi connectivity index (χ1v) is 12.6. The van der Waals surface area contributed by atoms with Crippen LogP contribution in [0.5, 0.6) is 0 Å². The molecule has 2 atom stereocenters. The van der Waals surface area contributed by atoms with Gasteiger partial charge in [-0.05, 0) is 50.1 Å². The Kier molecular flexibility index (Phi) is 9.09. The quantitative estimate of drug-likeness (QED) is 0.565. The van der Waals surface area contributed by atoms with Gasteiger partial charge < -0.3 is 10.2 Å². The fourth-order valence-corrected chi connectivity index (χ4v) is 4.15. The maximum Gasteiger partial charge on any atom is 0.244 e. The van der Waals surface area contributed by atoms with Crippen molar-refractivity contribution < 1.29 is 18.0 Å². The number of para-hydroxylation sites is 1. The molecule has 0 aliphatic heterocycles. The molecule has 0 saturated heterocycles. The molecule has 0 spiro atoms. The minimum absolute atomic E-state index is 0.0510. The van der Waals surface area contributed by atoms with Crippen molar-refractivity contribution in [2.75, 3.05) is 17.1 Å². The first-order chi connectivity index (χ1) is 15.0. The van der Waals surface area contributed by atoms with Crippen LogP contribution in [0.2, 0.25) is 5.02 Å². The molecular weight excluding hydrogens is 450 g/mol. The van der Waals surface area contributed by atoms with Crippen LogP contribution in [0.25, 0.3) is 0 Å². The molecule has 0 aromatic heterocycles. The fourth-order valence-electron chi connectivity index (χ4n) is 3.09. The minimum Gasteiger partial charge on any atom is -0.352 e. The number of carbonyl (C=O) groups is 2. The summed E-state index contributed by atoms with van der Waals surface area (Å²) >= 11 is 6.09. The molecule has 2 rings (SSSR count). The van der Waals surface area contributed by atoms with Gasteiger partial charge >= 0.3 is 0 Å². The van der Waals surface area contributed by atoms with Gasteiger partial charge in [0, 0.05) is 17.6 Å². The molecule has 0 bridgehead atoms. The van der Waals surface area contributed by atoms with Crippen molar-refractivity contribution in [2.45, 2.75) is 45.8 Å². The van der Waals surface area contributed by atoms with Crippen molar-refractivity contribution in [2.24, 2.45) is 0 Å². The van der Waals surface area contributed by atoms with Gasteiger partial charge in [-0.25, -0.2) is 8.42 Å². The molecule has 0 aliphatic rings. The Balaban J connectivity index is 2.36. The lowest BCUT2D eigenvalue weighted by atomic mass is 10.1. The highest BCUT2D eigenvalue weighted by atomic mass is 35.5. The van der Waals surface area contributed by atoms with Gasteiger partial charge in [0.15, 0.2) is 0 Å². The number of sulfonamides is 1. The van der Waals surface area contributed by atoms with Gasteiger partial charge in [0.05, 0.1) is 11.9 Å². The Bertz CT molecular complexity index is 1030. The van der Waals surface area contributed by atoms with Gasteiger partial charge in [-0.15, -0.1) is 0 Å². The highest BCUT2D eigenvalue weighted by molar-refractivity contribution is 7.92. The maximum atomic E-state index is 13.4. The molecular formula is C23H30ClN3O4S. The molecule has 2 amide bonds. The molecule has 0 fully saturated rings. The SMILES string of the molecule is CC[C@H](C)NC(=O)[C@H](C)N(Cc1cccc(Cl)c1)C(=O)CN(c1ccccc1)S(C)(=O)=O. The van der Waals surface area contributed by atoms with Crippen LogP contribution in [0.3, 0.4) is 0 Å². The van der Waals surface area contributed by atoms with Gasteiger partial charge in [-0.2, -0.15) is 0 Å². The van der Waals surface area contributed by atoms with Crippen molar-refractivity contribution in [1.29, 1.82) is 0 Å². The van der Waals surface area contributed by atoms with Crippen LogP contribution in [0.1, 0.15) is 32.8 Å². The third-order valence-corrected chi connectivity index (χ3v) is 6.51. The van der Waals surface area contributed by atoms with E-state index in [0.29, 0.717) is 10.7 Å². The highest BCUT2D eigenvalue weighted by Crippen LogP contribution is 2.19. The number of halogens is 1. The Morgan fingerprint density at radius 3 is 2.28 bits per heavy atom. The van der Waals surface area contributed by atoms with Crippen LogP contribution in [0.4, 0.5) is 5.69 Å². The zero-order valence-corrected chi connectivity index (χ0v) is 20.4. The van der Waals surface area contributed by atoms with Crippen LogP contribution in [0, 0.1) is 0 Å². The number of carbonyl (C=O) groups excluding carboxylic acids is 2. The third kappa shape index (κ3) is 7.24. The van der Waals surface area contributed by atoms with Crippen molar-refractivity contribution in [3.05, 3.63) is 65.2 Å². The lowest BCUT2D eigenvalue weighted by molar-refractivity contribution is -0.139. The molecule has 174 valence electrons. The van der Waals surface area contributed by atoms with Crippen molar-refractivity contribution in [3.8, 4) is 0 Å². The van der Waals surface area contributed by atoms with Crippen molar-refractivity contribution >= 4 is 39.1 Å². The fraction of sp³-hybridized carbons (Fsp3) is 0.391. The summed E-state index contributed by atoms with van der Waals surface area (Å²) in [5.41, 5.74) is 1.11. The number of amides is 2. The molecule has 0 radical (unpaired) electrons. The number of benzene rings is 2. The molecule has 0 heterocycles. The Labute approximate surface area is 195 Å². The average Bonchev–Trinajstić information content (AvgIpc) is 2.74. The van der Waals surface area contributed by atoms with Crippen LogP contribution >= 0.6 is 11.6 Å². The molecule has 2 aromatic rings. The minimum atomic E-state index is -3.73. The number of hydrogen-bond acceptors (Lipinski definition) is 4. The van der Waals surface area contributed by atoms with Crippen LogP contribution in [-0.4, -0.2) is 50.0 Å². The zero-order valence-electron chi connectivity index (χ0n) is 18.8. The zero-order chi connectivity index (χ0) is 23.9. The van der Waals surface area contributed by atoms with E-state index in [0.717, 1.165) is 22.5 Å². The summed E-state index contributed by atoms with van der Waals surface area (Å²) in [6.07, 6.45) is 1.80. The summed E-state index contributed by atoms with van der Waals surface area (Å²) in [5.74, 6) is -0.800. The van der Waals surface area contributed by atoms with Gasteiger partial charge in [0.25, 0.3) is 0 Å². The molecule has 0 aliphatic carbocycles. The lowest BCUT2D eigenvalue weighted by Gasteiger charge is -2.32. The molecule has 7 nitrogen and oxygen atoms in total. The van der Waals surface area contributed by atoms with E-state index in [1.807, 2.05) is 13.8 Å². The van der Waals surface area contributed by atoms with E-state index in [1.165, 1.54) is 4.90 Å². The summed E-state index contributed by atoms with van der Waals surface area (Å²) in [7, 11) is -3.73. The number of hydrogen-bond donors (Lipinski definition) is 1. The highest BCUT2D eigenvalue weighted by Gasteiger charge is 2.30. The summed E-state index contributed by atoms with van der Waals surface area (Å²) in [6, 6.07) is 14.5. The van der Waals surface area contributed by atoms with E-state index in [2.05, 4.69) is 5.32 Å². The van der Waals surface area contributed by atoms with Crippen LogP contribution in [0.15, 0.2) is 54.6 Å². The van der Waals surface area contributed by atoms with Crippen molar-refractivity contribution in [1.82, 2.24) is 10.2 Å². The van der Waals surface area contributed by atoms with Crippen LogP contribution < -0.4 is 9.62 Å². The van der Waals surface area contributed by atoms with Gasteiger partial charge in [-0.1, -0.05) is 48.9 Å². The largest absolute Gasteiger partial charge is 0.352 e. The molecule has 2 aromatic carbocycles. The van der Waals surface area contributed by atoms with E-state index in [4.69, 9.17) is 11.6 Å². The van der Waals surface area contributed by atoms with Crippen molar-refractivity contribution in [3.63, 3.8) is 0 Å². The van der Waals surface area contributed by atoms with Gasteiger partial charge in [-0.3, -0.25) is 13.9 Å². The Morgan fingerprint density at radius 1 is 1.06 bits per heavy atom. The second-order valence-corrected chi connectivity index (χ2v) is 10.1. The van der Waals surface area contributed by atoms with E-state index in [1.54, 1.807) is 61.5 Å². The van der Waals surface area contributed by atoms with Crippen LogP contribution in [-0.2, 0) is 26.2 Å². The normalized spacial score (nSPS) is 13.2. The first-order valence-electron chi connectivity index (χ1n) is 10.4. The monoisotopic (exact) mass is 479 g/mol. The first kappa shape index (κ1) is 25.7. The molecule has 32 heavy (non-hydrogen) atoms. The molecule has 1 N–H and O–H groups in total. The summed E-state index contributed by atoms with van der Waals surface area (Å²) in [4.78, 5) is 27.6. The Hall–Kier alpha value is -2.58. The number of anilines is 1. The summed E-state index contributed by atoms with van der Waals surface area (Å²) in [6.45, 7) is 5.15. The second kappa shape index (κ2) is 11.3. The summed E-state index contributed by atoms with van der Waals surface area (Å²) in [5, 5.41) is 3.39. The number of nitrogens with zero attached hydrogens (tertiary/aromatic N) is 2. The smallest absolute Gasteiger partial charge is 0.244 e. The number of rotatable bonds is 10. The van der Waals surface area contributed by atoms with Gasteiger partial charge in [0.2, 0.25) is 21.8 Å².